The summed E-state index contributed by atoms with van der Waals surface area (Å²) in [6, 6.07) is 14.0. The lowest BCUT2D eigenvalue weighted by atomic mass is 10.1. The molecule has 4 N–H and O–H groups in total. The molecule has 1 atom stereocenters. The summed E-state index contributed by atoms with van der Waals surface area (Å²) in [5, 5.41) is 18.2. The monoisotopic (exact) mass is 394 g/mol. The van der Waals surface area contributed by atoms with Crippen molar-refractivity contribution in [3.8, 4) is 5.75 Å². The quantitative estimate of drug-likeness (QED) is 0.492. The van der Waals surface area contributed by atoms with Crippen LogP contribution >= 0.6 is 0 Å². The Labute approximate surface area is 160 Å². The Hall–Kier alpha value is -1.97. The molecular weight excluding hydrogens is 368 g/mol. The van der Waals surface area contributed by atoms with Crippen LogP contribution in [0.5, 0.6) is 5.75 Å². The first-order valence-corrected chi connectivity index (χ1v) is 10.1. The number of methoxy groups -OCH3 is 1. The zero-order chi connectivity index (χ0) is 19.7. The number of aliphatic hydroxyl groups excluding tert-OH is 1. The van der Waals surface area contributed by atoms with Crippen LogP contribution in [-0.2, 0) is 27.8 Å². The van der Waals surface area contributed by atoms with Gasteiger partial charge in [0, 0.05) is 12.1 Å². The van der Waals surface area contributed by atoms with Gasteiger partial charge in [-0.1, -0.05) is 30.3 Å². The largest absolute Gasteiger partial charge is 0.496 e. The molecular formula is C19H26N2O5S. The van der Waals surface area contributed by atoms with Crippen molar-refractivity contribution in [1.29, 1.82) is 0 Å². The second-order valence-corrected chi connectivity index (χ2v) is 7.69. The van der Waals surface area contributed by atoms with Gasteiger partial charge in [-0.25, -0.2) is 13.6 Å². The van der Waals surface area contributed by atoms with Gasteiger partial charge in [-0.15, -0.1) is 0 Å². The van der Waals surface area contributed by atoms with Crippen LogP contribution < -0.4 is 15.2 Å². The van der Waals surface area contributed by atoms with E-state index < -0.39 is 16.1 Å². The van der Waals surface area contributed by atoms with Gasteiger partial charge >= 0.3 is 0 Å². The number of sulfonamides is 1. The lowest BCUT2D eigenvalue weighted by molar-refractivity contribution is 0.0283. The van der Waals surface area contributed by atoms with Gasteiger partial charge in [-0.3, -0.25) is 0 Å². The van der Waals surface area contributed by atoms with Crippen molar-refractivity contribution >= 4 is 10.0 Å². The third kappa shape index (κ3) is 7.28. The van der Waals surface area contributed by atoms with E-state index in [4.69, 9.17) is 14.6 Å². The fraction of sp³-hybridized carbons (Fsp3) is 0.368. The number of hydrogen-bond acceptors (Lipinski definition) is 6. The molecule has 0 radical (unpaired) electrons. The van der Waals surface area contributed by atoms with Crippen LogP contribution in [0, 0.1) is 0 Å². The predicted molar refractivity (Wildman–Crippen MR) is 103 cm³/mol. The van der Waals surface area contributed by atoms with Gasteiger partial charge in [0.05, 0.1) is 31.3 Å². The molecule has 0 saturated heterocycles. The van der Waals surface area contributed by atoms with E-state index in [-0.39, 0.29) is 11.5 Å². The van der Waals surface area contributed by atoms with Gasteiger partial charge in [0.2, 0.25) is 10.0 Å². The molecule has 2 aromatic rings. The first kappa shape index (κ1) is 21.3. The van der Waals surface area contributed by atoms with Crippen LogP contribution in [0.25, 0.3) is 0 Å². The van der Waals surface area contributed by atoms with Crippen molar-refractivity contribution in [3.63, 3.8) is 0 Å². The number of ether oxygens (including phenoxy) is 2. The van der Waals surface area contributed by atoms with E-state index in [9.17, 15) is 13.5 Å². The molecule has 0 saturated carbocycles. The number of benzene rings is 2. The Morgan fingerprint density at radius 3 is 2.52 bits per heavy atom. The van der Waals surface area contributed by atoms with E-state index in [0.29, 0.717) is 26.1 Å². The minimum absolute atomic E-state index is 0.0989. The molecule has 0 unspecified atom stereocenters. The molecule has 0 amide bonds. The number of nitrogens with one attached hydrogen (secondary N) is 1. The molecule has 0 heterocycles. The lowest BCUT2D eigenvalue weighted by Gasteiger charge is -2.13. The maximum Gasteiger partial charge on any atom is 0.238 e. The van der Waals surface area contributed by atoms with Crippen LogP contribution in [0.15, 0.2) is 53.4 Å². The Bertz CT molecular complexity index is 809. The average molecular weight is 394 g/mol. The van der Waals surface area contributed by atoms with Crippen LogP contribution in [0.1, 0.15) is 11.1 Å². The molecule has 0 aliphatic carbocycles. The van der Waals surface area contributed by atoms with Crippen molar-refractivity contribution in [2.45, 2.75) is 24.0 Å². The highest BCUT2D eigenvalue weighted by molar-refractivity contribution is 7.89. The van der Waals surface area contributed by atoms with E-state index in [1.54, 1.807) is 19.2 Å². The summed E-state index contributed by atoms with van der Waals surface area (Å²) in [6.45, 7) is 1.64. The third-order valence-corrected chi connectivity index (χ3v) is 4.91. The molecule has 2 aromatic carbocycles. The number of nitrogens with two attached hydrogens (primary N) is 1. The molecule has 0 spiro atoms. The molecule has 0 aromatic heterocycles. The first-order valence-electron chi connectivity index (χ1n) is 8.60. The van der Waals surface area contributed by atoms with E-state index >= 15 is 0 Å². The topological polar surface area (TPSA) is 111 Å². The average Bonchev–Trinajstić information content (AvgIpc) is 2.65. The minimum Gasteiger partial charge on any atom is -0.496 e. The zero-order valence-corrected chi connectivity index (χ0v) is 16.1. The van der Waals surface area contributed by atoms with Gasteiger partial charge in [-0.05, 0) is 36.7 Å². The molecule has 0 aliphatic rings. The summed E-state index contributed by atoms with van der Waals surface area (Å²) in [5.41, 5.74) is 1.92. The second-order valence-electron chi connectivity index (χ2n) is 6.12. The van der Waals surface area contributed by atoms with Crippen molar-refractivity contribution < 1.29 is 23.0 Å². The number of rotatable bonds is 11. The summed E-state index contributed by atoms with van der Waals surface area (Å²) in [6.07, 6.45) is 0.0872. The molecule has 8 heteroatoms. The summed E-state index contributed by atoms with van der Waals surface area (Å²) >= 11 is 0. The van der Waals surface area contributed by atoms with E-state index in [1.807, 2.05) is 24.3 Å². The fourth-order valence-corrected chi connectivity index (χ4v) is 3.05. The number of primary sulfonamides is 1. The molecule has 0 fully saturated rings. The van der Waals surface area contributed by atoms with Gasteiger partial charge in [-0.2, -0.15) is 0 Å². The highest BCUT2D eigenvalue weighted by Crippen LogP contribution is 2.18. The van der Waals surface area contributed by atoms with Crippen molar-refractivity contribution in [2.24, 2.45) is 5.14 Å². The second kappa shape index (κ2) is 10.4. The Morgan fingerprint density at radius 2 is 1.85 bits per heavy atom. The van der Waals surface area contributed by atoms with Gasteiger partial charge in [0.25, 0.3) is 0 Å². The maximum absolute atomic E-state index is 11.2. The molecule has 27 heavy (non-hydrogen) atoms. The van der Waals surface area contributed by atoms with E-state index in [1.165, 1.54) is 12.1 Å². The number of para-hydroxylation sites is 1. The van der Waals surface area contributed by atoms with Crippen LogP contribution in [-0.4, -0.2) is 46.4 Å². The Morgan fingerprint density at radius 1 is 1.15 bits per heavy atom. The van der Waals surface area contributed by atoms with Crippen LogP contribution in [0.4, 0.5) is 0 Å². The van der Waals surface area contributed by atoms with Gasteiger partial charge in [0.1, 0.15) is 5.75 Å². The molecule has 7 nitrogen and oxygen atoms in total. The van der Waals surface area contributed by atoms with E-state index in [2.05, 4.69) is 5.32 Å². The van der Waals surface area contributed by atoms with Gasteiger partial charge < -0.3 is 19.9 Å². The van der Waals surface area contributed by atoms with Gasteiger partial charge in [0.15, 0.2) is 0 Å². The summed E-state index contributed by atoms with van der Waals surface area (Å²) in [7, 11) is -2.05. The highest BCUT2D eigenvalue weighted by Gasteiger charge is 2.08. The standard InChI is InChI=1S/C19H26N2O5S/c1-25-19-5-3-2-4-16(19)13-26-14-17(22)12-21-11-10-15-6-8-18(9-7-15)27(20,23)24/h2-9,17,21-22H,10-14H2,1H3,(H2,20,23,24)/t17-/m0/s1. The Balaban J connectivity index is 1.64. The van der Waals surface area contributed by atoms with Crippen molar-refractivity contribution in [3.05, 3.63) is 59.7 Å². The SMILES string of the molecule is COc1ccccc1COC[C@@H](O)CNCCc1ccc(S(N)(=O)=O)cc1. The maximum atomic E-state index is 11.2. The number of aliphatic hydroxyl groups is 1. The van der Waals surface area contributed by atoms with Crippen molar-refractivity contribution in [2.75, 3.05) is 26.8 Å². The minimum atomic E-state index is -3.66. The molecule has 2 rings (SSSR count). The smallest absolute Gasteiger partial charge is 0.238 e. The summed E-state index contributed by atoms with van der Waals surface area (Å²) in [4.78, 5) is 0.0989. The third-order valence-electron chi connectivity index (χ3n) is 3.98. The summed E-state index contributed by atoms with van der Waals surface area (Å²) < 4.78 is 33.2. The highest BCUT2D eigenvalue weighted by atomic mass is 32.2. The summed E-state index contributed by atoms with van der Waals surface area (Å²) in [5.74, 6) is 0.763. The lowest BCUT2D eigenvalue weighted by Crippen LogP contribution is -2.31. The molecule has 0 aliphatic heterocycles. The normalized spacial score (nSPS) is 12.7. The predicted octanol–water partition coefficient (Wildman–Crippen LogP) is 1.05. The Kier molecular flexibility index (Phi) is 8.21. The van der Waals surface area contributed by atoms with Crippen LogP contribution in [0.2, 0.25) is 0 Å². The first-order chi connectivity index (χ1) is 12.9. The fourth-order valence-electron chi connectivity index (χ4n) is 2.53. The van der Waals surface area contributed by atoms with E-state index in [0.717, 1.165) is 16.9 Å². The zero-order valence-electron chi connectivity index (χ0n) is 15.3. The molecule has 0 bridgehead atoms. The van der Waals surface area contributed by atoms with Crippen molar-refractivity contribution in [1.82, 2.24) is 5.32 Å². The molecule has 148 valence electrons. The van der Waals surface area contributed by atoms with Crippen LogP contribution in [0.3, 0.4) is 0 Å². The number of hydrogen-bond donors (Lipinski definition) is 3.